The quantitative estimate of drug-likeness (QED) is 0.593. The highest BCUT2D eigenvalue weighted by atomic mass is 16.3. The SMILES string of the molecule is Oc1ccc(-c2c[nH]c3ncc(-c4cncnc4)cc23)cc1. The molecule has 4 aromatic rings. The molecular weight excluding hydrogens is 276 g/mol. The van der Waals surface area contributed by atoms with Crippen LogP contribution >= 0.6 is 0 Å². The number of phenolic OH excluding ortho intramolecular Hbond substituents is 1. The van der Waals surface area contributed by atoms with Crippen LogP contribution in [-0.4, -0.2) is 25.0 Å². The van der Waals surface area contributed by atoms with Crippen molar-refractivity contribution >= 4 is 11.0 Å². The summed E-state index contributed by atoms with van der Waals surface area (Å²) in [5.41, 5.74) is 4.78. The zero-order chi connectivity index (χ0) is 14.9. The zero-order valence-corrected chi connectivity index (χ0v) is 11.6. The van der Waals surface area contributed by atoms with Gasteiger partial charge in [0.1, 0.15) is 17.7 Å². The number of rotatable bonds is 2. The molecule has 22 heavy (non-hydrogen) atoms. The molecule has 0 aliphatic heterocycles. The van der Waals surface area contributed by atoms with Gasteiger partial charge in [0.15, 0.2) is 0 Å². The van der Waals surface area contributed by atoms with Crippen molar-refractivity contribution in [2.75, 3.05) is 0 Å². The smallest absolute Gasteiger partial charge is 0.137 e. The third-order valence-electron chi connectivity index (χ3n) is 3.60. The van der Waals surface area contributed by atoms with E-state index in [1.807, 2.05) is 18.3 Å². The fourth-order valence-corrected chi connectivity index (χ4v) is 2.49. The number of aromatic amines is 1. The minimum Gasteiger partial charge on any atom is -0.508 e. The van der Waals surface area contributed by atoms with E-state index in [9.17, 15) is 5.11 Å². The van der Waals surface area contributed by atoms with Gasteiger partial charge in [-0.3, -0.25) is 0 Å². The van der Waals surface area contributed by atoms with Gasteiger partial charge < -0.3 is 10.1 Å². The largest absolute Gasteiger partial charge is 0.508 e. The van der Waals surface area contributed by atoms with E-state index in [1.165, 1.54) is 6.33 Å². The van der Waals surface area contributed by atoms with Crippen LogP contribution in [0.4, 0.5) is 0 Å². The van der Waals surface area contributed by atoms with Crippen molar-refractivity contribution in [3.8, 4) is 28.0 Å². The lowest BCUT2D eigenvalue weighted by atomic mass is 10.0. The summed E-state index contributed by atoms with van der Waals surface area (Å²) in [5.74, 6) is 0.254. The molecule has 0 saturated carbocycles. The molecular formula is C17H12N4O. The number of phenols is 1. The van der Waals surface area contributed by atoms with Crippen LogP contribution < -0.4 is 0 Å². The van der Waals surface area contributed by atoms with Crippen LogP contribution in [0.25, 0.3) is 33.3 Å². The van der Waals surface area contributed by atoms with Gasteiger partial charge in [-0.05, 0) is 23.8 Å². The number of pyridine rings is 1. The molecule has 3 heterocycles. The molecule has 0 aliphatic carbocycles. The van der Waals surface area contributed by atoms with E-state index < -0.39 is 0 Å². The zero-order valence-electron chi connectivity index (χ0n) is 11.6. The summed E-state index contributed by atoms with van der Waals surface area (Å²) in [7, 11) is 0. The van der Waals surface area contributed by atoms with Gasteiger partial charge in [-0.2, -0.15) is 0 Å². The number of H-pyrrole nitrogens is 1. The second-order valence-electron chi connectivity index (χ2n) is 5.00. The molecule has 4 rings (SSSR count). The fraction of sp³-hybridized carbons (Fsp3) is 0. The van der Waals surface area contributed by atoms with Gasteiger partial charge in [0.25, 0.3) is 0 Å². The summed E-state index contributed by atoms with van der Waals surface area (Å²) in [6.07, 6.45) is 8.77. The molecule has 0 radical (unpaired) electrons. The van der Waals surface area contributed by atoms with Crippen molar-refractivity contribution in [2.24, 2.45) is 0 Å². The summed E-state index contributed by atoms with van der Waals surface area (Å²) in [5, 5.41) is 10.4. The van der Waals surface area contributed by atoms with Crippen LogP contribution in [0, 0.1) is 0 Å². The molecule has 106 valence electrons. The monoisotopic (exact) mass is 288 g/mol. The van der Waals surface area contributed by atoms with Crippen LogP contribution in [-0.2, 0) is 0 Å². The Balaban J connectivity index is 1.88. The van der Waals surface area contributed by atoms with Gasteiger partial charge in [0.2, 0.25) is 0 Å². The number of hydrogen-bond acceptors (Lipinski definition) is 4. The molecule has 0 amide bonds. The second kappa shape index (κ2) is 4.96. The lowest BCUT2D eigenvalue weighted by Gasteiger charge is -2.03. The van der Waals surface area contributed by atoms with Crippen molar-refractivity contribution < 1.29 is 5.11 Å². The predicted molar refractivity (Wildman–Crippen MR) is 84.2 cm³/mol. The summed E-state index contributed by atoms with van der Waals surface area (Å²) in [6.45, 7) is 0. The van der Waals surface area contributed by atoms with Crippen molar-refractivity contribution in [1.29, 1.82) is 0 Å². The summed E-state index contributed by atoms with van der Waals surface area (Å²) < 4.78 is 0. The van der Waals surface area contributed by atoms with Crippen molar-refractivity contribution in [3.63, 3.8) is 0 Å². The average Bonchev–Trinajstić information content (AvgIpc) is 2.99. The molecule has 0 atom stereocenters. The van der Waals surface area contributed by atoms with E-state index in [1.54, 1.807) is 30.7 Å². The van der Waals surface area contributed by atoms with E-state index >= 15 is 0 Å². The van der Waals surface area contributed by atoms with Crippen LogP contribution in [0.3, 0.4) is 0 Å². The van der Waals surface area contributed by atoms with Gasteiger partial charge in [-0.15, -0.1) is 0 Å². The van der Waals surface area contributed by atoms with Crippen molar-refractivity contribution in [3.05, 3.63) is 61.4 Å². The van der Waals surface area contributed by atoms with Crippen LogP contribution in [0.5, 0.6) is 5.75 Å². The number of fused-ring (bicyclic) bond motifs is 1. The van der Waals surface area contributed by atoms with Gasteiger partial charge in [-0.25, -0.2) is 15.0 Å². The first-order valence-electron chi connectivity index (χ1n) is 6.83. The number of nitrogens with zero attached hydrogens (tertiary/aromatic N) is 3. The Bertz CT molecular complexity index is 930. The summed E-state index contributed by atoms with van der Waals surface area (Å²) in [4.78, 5) is 15.7. The summed E-state index contributed by atoms with van der Waals surface area (Å²) >= 11 is 0. The van der Waals surface area contributed by atoms with Crippen LogP contribution in [0.2, 0.25) is 0 Å². The number of aromatic hydroxyl groups is 1. The van der Waals surface area contributed by atoms with E-state index in [0.717, 1.165) is 33.3 Å². The van der Waals surface area contributed by atoms with Gasteiger partial charge >= 0.3 is 0 Å². The highest BCUT2D eigenvalue weighted by Gasteiger charge is 2.09. The fourth-order valence-electron chi connectivity index (χ4n) is 2.49. The molecule has 0 bridgehead atoms. The third-order valence-corrected chi connectivity index (χ3v) is 3.60. The highest BCUT2D eigenvalue weighted by Crippen LogP contribution is 2.31. The second-order valence-corrected chi connectivity index (χ2v) is 5.00. The Kier molecular flexibility index (Phi) is 2.83. The minimum atomic E-state index is 0.254. The molecule has 5 nitrogen and oxygen atoms in total. The molecule has 0 unspecified atom stereocenters. The van der Waals surface area contributed by atoms with Crippen LogP contribution in [0.15, 0.2) is 61.4 Å². The molecule has 3 aromatic heterocycles. The van der Waals surface area contributed by atoms with E-state index in [0.29, 0.717) is 0 Å². The Morgan fingerprint density at radius 2 is 1.64 bits per heavy atom. The van der Waals surface area contributed by atoms with Crippen molar-refractivity contribution in [1.82, 2.24) is 19.9 Å². The van der Waals surface area contributed by atoms with E-state index in [2.05, 4.69) is 26.0 Å². The lowest BCUT2D eigenvalue weighted by molar-refractivity contribution is 0.475. The Labute approximate surface area is 126 Å². The maximum Gasteiger partial charge on any atom is 0.137 e. The number of hydrogen-bond donors (Lipinski definition) is 2. The normalized spacial score (nSPS) is 10.9. The average molecular weight is 288 g/mol. The van der Waals surface area contributed by atoms with Crippen LogP contribution in [0.1, 0.15) is 0 Å². The summed E-state index contributed by atoms with van der Waals surface area (Å²) in [6, 6.07) is 9.19. The standard InChI is InChI=1S/C17H12N4O/c22-14-3-1-11(2-4-14)16-9-21-17-15(16)5-12(8-20-17)13-6-18-10-19-7-13/h1-10,22H,(H,20,21). The molecule has 0 spiro atoms. The topological polar surface area (TPSA) is 74.7 Å². The van der Waals surface area contributed by atoms with Gasteiger partial charge in [-0.1, -0.05) is 12.1 Å². The number of benzene rings is 1. The van der Waals surface area contributed by atoms with Gasteiger partial charge in [0.05, 0.1) is 0 Å². The first kappa shape index (κ1) is 12.5. The number of aromatic nitrogens is 4. The molecule has 0 fully saturated rings. The van der Waals surface area contributed by atoms with Crippen molar-refractivity contribution in [2.45, 2.75) is 0 Å². The molecule has 5 heteroatoms. The maximum absolute atomic E-state index is 9.43. The first-order valence-corrected chi connectivity index (χ1v) is 6.83. The number of nitrogens with one attached hydrogen (secondary N) is 1. The Morgan fingerprint density at radius 1 is 0.864 bits per heavy atom. The molecule has 1 aromatic carbocycles. The highest BCUT2D eigenvalue weighted by molar-refractivity contribution is 5.95. The van der Waals surface area contributed by atoms with Gasteiger partial charge in [0, 0.05) is 46.9 Å². The minimum absolute atomic E-state index is 0.254. The van der Waals surface area contributed by atoms with E-state index in [-0.39, 0.29) is 5.75 Å². The van der Waals surface area contributed by atoms with E-state index in [4.69, 9.17) is 0 Å². The predicted octanol–water partition coefficient (Wildman–Crippen LogP) is 3.39. The first-order chi connectivity index (χ1) is 10.8. The molecule has 2 N–H and O–H groups in total. The lowest BCUT2D eigenvalue weighted by Crippen LogP contribution is -1.85. The Hall–Kier alpha value is -3.21. The molecule has 0 aliphatic rings. The Morgan fingerprint density at radius 3 is 2.41 bits per heavy atom. The third kappa shape index (κ3) is 2.09. The maximum atomic E-state index is 9.43. The molecule has 0 saturated heterocycles.